The van der Waals surface area contributed by atoms with E-state index in [1.807, 2.05) is 18.2 Å². The van der Waals surface area contributed by atoms with Gasteiger partial charge in [0, 0.05) is 4.47 Å². The quantitative estimate of drug-likeness (QED) is 0.809. The molecule has 0 aliphatic rings. The summed E-state index contributed by atoms with van der Waals surface area (Å²) in [6.45, 7) is 1.68. The summed E-state index contributed by atoms with van der Waals surface area (Å²) < 4.78 is 5.35. The van der Waals surface area contributed by atoms with Crippen molar-refractivity contribution < 1.29 is 14.3 Å². The molecule has 0 spiro atoms. The Morgan fingerprint density at radius 1 is 1.39 bits per heavy atom. The van der Waals surface area contributed by atoms with Gasteiger partial charge < -0.3 is 10.1 Å². The molecule has 0 fully saturated rings. The summed E-state index contributed by atoms with van der Waals surface area (Å²) in [6, 6.07) is 6.79. The number of rotatable bonds is 5. The molecule has 1 atom stereocenters. The van der Waals surface area contributed by atoms with E-state index in [4.69, 9.17) is 0 Å². The summed E-state index contributed by atoms with van der Waals surface area (Å²) >= 11 is 3.33. The van der Waals surface area contributed by atoms with Crippen molar-refractivity contribution in [3.8, 4) is 0 Å². The Labute approximate surface area is 114 Å². The third-order valence-electron chi connectivity index (χ3n) is 2.27. The van der Waals surface area contributed by atoms with Crippen molar-refractivity contribution in [2.45, 2.75) is 13.0 Å². The first-order chi connectivity index (χ1) is 8.54. The van der Waals surface area contributed by atoms with Crippen LogP contribution in [-0.4, -0.2) is 31.6 Å². The topological polar surface area (TPSA) is 67.4 Å². The Balaban J connectivity index is 2.43. The molecule has 0 saturated heterocycles. The van der Waals surface area contributed by atoms with Gasteiger partial charge in [-0.05, 0) is 35.0 Å². The van der Waals surface area contributed by atoms with Gasteiger partial charge in [0.05, 0.1) is 19.3 Å². The molecule has 0 aliphatic heterocycles. The fourth-order valence-corrected chi connectivity index (χ4v) is 1.65. The summed E-state index contributed by atoms with van der Waals surface area (Å²) in [5.74, 6) is -0.624. The van der Waals surface area contributed by atoms with Gasteiger partial charge in [-0.1, -0.05) is 12.1 Å². The van der Waals surface area contributed by atoms with Crippen molar-refractivity contribution >= 4 is 33.5 Å². The van der Waals surface area contributed by atoms with Crippen molar-refractivity contribution in [1.29, 1.82) is 0 Å². The van der Waals surface area contributed by atoms with Gasteiger partial charge in [-0.2, -0.15) is 0 Å². The van der Waals surface area contributed by atoms with Gasteiger partial charge in [0.1, 0.15) is 6.04 Å². The number of ether oxygens (including phenoxy) is 1. The molecule has 1 aromatic rings. The largest absolute Gasteiger partial charge is 0.468 e. The molecule has 6 heteroatoms. The van der Waals surface area contributed by atoms with Crippen molar-refractivity contribution in [3.05, 3.63) is 28.7 Å². The SMILES string of the molecule is COC(=O)C(C)NCC(=O)Nc1ccccc1Br. The van der Waals surface area contributed by atoms with E-state index in [9.17, 15) is 9.59 Å². The number of para-hydroxylation sites is 1. The van der Waals surface area contributed by atoms with E-state index in [1.165, 1.54) is 7.11 Å². The highest BCUT2D eigenvalue weighted by molar-refractivity contribution is 9.10. The number of carbonyl (C=O) groups is 2. The molecule has 5 nitrogen and oxygen atoms in total. The van der Waals surface area contributed by atoms with Crippen LogP contribution in [0.25, 0.3) is 0 Å². The minimum absolute atomic E-state index is 0.0393. The molecule has 0 aromatic heterocycles. The molecule has 0 bridgehead atoms. The number of amides is 1. The second-order valence-corrected chi connectivity index (χ2v) is 4.51. The summed E-state index contributed by atoms with van der Waals surface area (Å²) in [7, 11) is 1.31. The minimum atomic E-state index is -0.514. The maximum Gasteiger partial charge on any atom is 0.322 e. The molecule has 98 valence electrons. The third-order valence-corrected chi connectivity index (χ3v) is 2.96. The van der Waals surface area contributed by atoms with E-state index in [0.29, 0.717) is 5.69 Å². The van der Waals surface area contributed by atoms with Crippen LogP contribution >= 0.6 is 15.9 Å². The molecule has 2 N–H and O–H groups in total. The van der Waals surface area contributed by atoms with Gasteiger partial charge in [-0.15, -0.1) is 0 Å². The van der Waals surface area contributed by atoms with E-state index >= 15 is 0 Å². The Morgan fingerprint density at radius 2 is 2.06 bits per heavy atom. The lowest BCUT2D eigenvalue weighted by molar-refractivity contribution is -0.142. The van der Waals surface area contributed by atoms with Gasteiger partial charge in [0.2, 0.25) is 5.91 Å². The number of carbonyl (C=O) groups excluding carboxylic acids is 2. The average molecular weight is 315 g/mol. The highest BCUT2D eigenvalue weighted by Crippen LogP contribution is 2.20. The highest BCUT2D eigenvalue weighted by Gasteiger charge is 2.13. The normalized spacial score (nSPS) is 11.7. The van der Waals surface area contributed by atoms with Crippen LogP contribution in [0.4, 0.5) is 5.69 Å². The number of benzene rings is 1. The Kier molecular flexibility index (Phi) is 5.80. The molecule has 1 amide bonds. The van der Waals surface area contributed by atoms with Crippen LogP contribution in [-0.2, 0) is 14.3 Å². The number of methoxy groups -OCH3 is 1. The first kappa shape index (κ1) is 14.7. The number of hydrogen-bond acceptors (Lipinski definition) is 4. The maximum atomic E-state index is 11.6. The lowest BCUT2D eigenvalue weighted by Crippen LogP contribution is -2.39. The van der Waals surface area contributed by atoms with Crippen molar-refractivity contribution in [2.24, 2.45) is 0 Å². The van der Waals surface area contributed by atoms with E-state index in [-0.39, 0.29) is 12.5 Å². The Hall–Kier alpha value is -1.40. The predicted molar refractivity (Wildman–Crippen MR) is 72.3 cm³/mol. The van der Waals surface area contributed by atoms with Gasteiger partial charge in [-0.3, -0.25) is 14.9 Å². The van der Waals surface area contributed by atoms with Gasteiger partial charge in [0.15, 0.2) is 0 Å². The number of hydrogen-bond donors (Lipinski definition) is 2. The Morgan fingerprint density at radius 3 is 2.67 bits per heavy atom. The third kappa shape index (κ3) is 4.46. The van der Waals surface area contributed by atoms with Crippen LogP contribution in [0.15, 0.2) is 28.7 Å². The molecule has 1 rings (SSSR count). The van der Waals surface area contributed by atoms with Crippen LogP contribution in [0.2, 0.25) is 0 Å². The van der Waals surface area contributed by atoms with Gasteiger partial charge in [0.25, 0.3) is 0 Å². The van der Waals surface area contributed by atoms with E-state index in [0.717, 1.165) is 4.47 Å². The number of esters is 1. The fraction of sp³-hybridized carbons (Fsp3) is 0.333. The predicted octanol–water partition coefficient (Wildman–Crippen LogP) is 1.54. The van der Waals surface area contributed by atoms with Crippen molar-refractivity contribution in [1.82, 2.24) is 5.32 Å². The summed E-state index contributed by atoms with van der Waals surface area (Å²) in [4.78, 5) is 22.7. The second-order valence-electron chi connectivity index (χ2n) is 3.65. The standard InChI is InChI=1S/C12H15BrN2O3/c1-8(12(17)18-2)14-7-11(16)15-10-6-4-3-5-9(10)13/h3-6,8,14H,7H2,1-2H3,(H,15,16). The van der Waals surface area contributed by atoms with Gasteiger partial charge in [-0.25, -0.2) is 0 Å². The zero-order valence-electron chi connectivity index (χ0n) is 10.2. The molecule has 0 aliphatic carbocycles. The lowest BCUT2D eigenvalue weighted by atomic mass is 10.3. The zero-order chi connectivity index (χ0) is 13.5. The van der Waals surface area contributed by atoms with Crippen LogP contribution in [0.1, 0.15) is 6.92 Å². The molecule has 18 heavy (non-hydrogen) atoms. The molecule has 1 unspecified atom stereocenters. The second kappa shape index (κ2) is 7.13. The number of anilines is 1. The molecule has 1 aromatic carbocycles. The van der Waals surface area contributed by atoms with Crippen LogP contribution < -0.4 is 10.6 Å². The molecule has 0 heterocycles. The highest BCUT2D eigenvalue weighted by atomic mass is 79.9. The molecular weight excluding hydrogens is 300 g/mol. The monoisotopic (exact) mass is 314 g/mol. The van der Waals surface area contributed by atoms with E-state index in [2.05, 4.69) is 31.3 Å². The van der Waals surface area contributed by atoms with Crippen LogP contribution in [0.3, 0.4) is 0 Å². The van der Waals surface area contributed by atoms with E-state index < -0.39 is 12.0 Å². The summed E-state index contributed by atoms with van der Waals surface area (Å²) in [6.07, 6.45) is 0. The minimum Gasteiger partial charge on any atom is -0.468 e. The number of halogens is 1. The first-order valence-corrected chi connectivity index (χ1v) is 6.19. The Bertz CT molecular complexity index is 437. The average Bonchev–Trinajstić information content (AvgIpc) is 2.37. The maximum absolute atomic E-state index is 11.6. The van der Waals surface area contributed by atoms with Crippen LogP contribution in [0.5, 0.6) is 0 Å². The first-order valence-electron chi connectivity index (χ1n) is 5.40. The molecular formula is C12H15BrN2O3. The summed E-state index contributed by atoms with van der Waals surface area (Å²) in [5.41, 5.74) is 0.690. The molecule has 0 saturated carbocycles. The van der Waals surface area contributed by atoms with Gasteiger partial charge >= 0.3 is 5.97 Å². The number of nitrogens with one attached hydrogen (secondary N) is 2. The van der Waals surface area contributed by atoms with Crippen molar-refractivity contribution in [2.75, 3.05) is 19.0 Å². The van der Waals surface area contributed by atoms with E-state index in [1.54, 1.807) is 13.0 Å². The smallest absolute Gasteiger partial charge is 0.322 e. The zero-order valence-corrected chi connectivity index (χ0v) is 11.8. The van der Waals surface area contributed by atoms with Crippen molar-refractivity contribution in [3.63, 3.8) is 0 Å². The lowest BCUT2D eigenvalue weighted by Gasteiger charge is -2.12. The fourth-order valence-electron chi connectivity index (χ4n) is 1.26. The molecule has 0 radical (unpaired) electrons. The summed E-state index contributed by atoms with van der Waals surface area (Å²) in [5, 5.41) is 5.49. The van der Waals surface area contributed by atoms with Crippen LogP contribution in [0, 0.1) is 0 Å².